The SMILES string of the molecule is CC(C)CCCC=CCC1CC1. The third-order valence-electron chi connectivity index (χ3n) is 2.49. The highest BCUT2D eigenvalue weighted by molar-refractivity contribution is 4.88. The Morgan fingerprint density at radius 2 is 2.00 bits per heavy atom. The van der Waals surface area contributed by atoms with Crippen LogP contribution < -0.4 is 0 Å². The fraction of sp³-hybridized carbons (Fsp3) is 0.833. The molecule has 0 unspecified atom stereocenters. The van der Waals surface area contributed by atoms with Crippen LogP contribution in [0.15, 0.2) is 12.2 Å². The van der Waals surface area contributed by atoms with Gasteiger partial charge < -0.3 is 0 Å². The Balaban J connectivity index is 1.83. The van der Waals surface area contributed by atoms with Gasteiger partial charge in [-0.2, -0.15) is 0 Å². The summed E-state index contributed by atoms with van der Waals surface area (Å²) in [6, 6.07) is 0. The van der Waals surface area contributed by atoms with Crippen molar-refractivity contribution < 1.29 is 0 Å². The van der Waals surface area contributed by atoms with Crippen LogP contribution in [-0.4, -0.2) is 0 Å². The molecule has 0 nitrogen and oxygen atoms in total. The zero-order valence-corrected chi connectivity index (χ0v) is 8.55. The van der Waals surface area contributed by atoms with Gasteiger partial charge in [-0.25, -0.2) is 0 Å². The third kappa shape index (κ3) is 5.40. The van der Waals surface area contributed by atoms with Crippen molar-refractivity contribution in [2.24, 2.45) is 11.8 Å². The van der Waals surface area contributed by atoms with Gasteiger partial charge in [-0.05, 0) is 43.9 Å². The molecule has 12 heavy (non-hydrogen) atoms. The summed E-state index contributed by atoms with van der Waals surface area (Å²) in [6.07, 6.45) is 13.1. The summed E-state index contributed by atoms with van der Waals surface area (Å²) in [5.74, 6) is 1.94. The van der Waals surface area contributed by atoms with E-state index in [9.17, 15) is 0 Å². The van der Waals surface area contributed by atoms with Gasteiger partial charge in [0.05, 0.1) is 0 Å². The second-order valence-corrected chi connectivity index (χ2v) is 4.48. The summed E-state index contributed by atoms with van der Waals surface area (Å²) in [6.45, 7) is 4.60. The van der Waals surface area contributed by atoms with Crippen LogP contribution in [0, 0.1) is 11.8 Å². The zero-order valence-electron chi connectivity index (χ0n) is 8.55. The lowest BCUT2D eigenvalue weighted by molar-refractivity contribution is 0.559. The predicted octanol–water partition coefficient (Wildman–Crippen LogP) is 4.17. The molecule has 0 spiro atoms. The first-order valence-electron chi connectivity index (χ1n) is 5.44. The van der Waals surface area contributed by atoms with Crippen molar-refractivity contribution in [1.82, 2.24) is 0 Å². The summed E-state index contributed by atoms with van der Waals surface area (Å²) >= 11 is 0. The van der Waals surface area contributed by atoms with Crippen LogP contribution in [0.4, 0.5) is 0 Å². The molecule has 0 amide bonds. The van der Waals surface area contributed by atoms with E-state index in [1.54, 1.807) is 0 Å². The second-order valence-electron chi connectivity index (χ2n) is 4.48. The Kier molecular flexibility index (Phi) is 4.42. The van der Waals surface area contributed by atoms with Gasteiger partial charge in [0.15, 0.2) is 0 Å². The van der Waals surface area contributed by atoms with E-state index in [0.29, 0.717) is 0 Å². The van der Waals surface area contributed by atoms with E-state index >= 15 is 0 Å². The average Bonchev–Trinajstić information content (AvgIpc) is 2.79. The molecule has 0 aromatic carbocycles. The average molecular weight is 166 g/mol. The molecule has 1 saturated carbocycles. The third-order valence-corrected chi connectivity index (χ3v) is 2.49. The van der Waals surface area contributed by atoms with Gasteiger partial charge in [0, 0.05) is 0 Å². The van der Waals surface area contributed by atoms with Crippen molar-refractivity contribution in [1.29, 1.82) is 0 Å². The fourth-order valence-corrected chi connectivity index (χ4v) is 1.40. The fourth-order valence-electron chi connectivity index (χ4n) is 1.40. The van der Waals surface area contributed by atoms with Crippen molar-refractivity contribution >= 4 is 0 Å². The molecule has 0 saturated heterocycles. The largest absolute Gasteiger partial charge is 0.0885 e. The molecule has 1 fully saturated rings. The van der Waals surface area contributed by atoms with E-state index in [2.05, 4.69) is 26.0 Å². The number of hydrogen-bond donors (Lipinski definition) is 0. The molecular weight excluding hydrogens is 144 g/mol. The monoisotopic (exact) mass is 166 g/mol. The van der Waals surface area contributed by atoms with Crippen molar-refractivity contribution in [2.45, 2.75) is 52.4 Å². The molecule has 0 aliphatic heterocycles. The molecule has 0 heteroatoms. The van der Waals surface area contributed by atoms with Crippen LogP contribution in [0.2, 0.25) is 0 Å². The Bertz CT molecular complexity index is 129. The van der Waals surface area contributed by atoms with E-state index < -0.39 is 0 Å². The van der Waals surface area contributed by atoms with E-state index in [4.69, 9.17) is 0 Å². The maximum absolute atomic E-state index is 2.39. The normalized spacial score (nSPS) is 17.9. The van der Waals surface area contributed by atoms with Crippen molar-refractivity contribution in [2.75, 3.05) is 0 Å². The van der Waals surface area contributed by atoms with Crippen LogP contribution in [0.25, 0.3) is 0 Å². The van der Waals surface area contributed by atoms with Gasteiger partial charge in [-0.1, -0.05) is 32.4 Å². The maximum atomic E-state index is 2.39. The molecule has 0 aromatic heterocycles. The molecule has 1 aliphatic rings. The molecule has 0 radical (unpaired) electrons. The zero-order chi connectivity index (χ0) is 8.81. The summed E-state index contributed by atoms with van der Waals surface area (Å²) < 4.78 is 0. The number of allylic oxidation sites excluding steroid dienone is 2. The lowest BCUT2D eigenvalue weighted by atomic mass is 10.1. The summed E-state index contributed by atoms with van der Waals surface area (Å²) in [7, 11) is 0. The molecule has 0 N–H and O–H groups in total. The van der Waals surface area contributed by atoms with Gasteiger partial charge >= 0.3 is 0 Å². The molecule has 0 bridgehead atoms. The number of rotatable bonds is 6. The van der Waals surface area contributed by atoms with E-state index in [-0.39, 0.29) is 0 Å². The van der Waals surface area contributed by atoms with Gasteiger partial charge in [-0.3, -0.25) is 0 Å². The first kappa shape index (κ1) is 9.83. The number of hydrogen-bond acceptors (Lipinski definition) is 0. The first-order valence-corrected chi connectivity index (χ1v) is 5.44. The highest BCUT2D eigenvalue weighted by Gasteiger charge is 2.18. The van der Waals surface area contributed by atoms with E-state index in [1.165, 1.54) is 38.5 Å². The van der Waals surface area contributed by atoms with Crippen LogP contribution in [0.3, 0.4) is 0 Å². The molecular formula is C12H22. The van der Waals surface area contributed by atoms with Gasteiger partial charge in [0.2, 0.25) is 0 Å². The molecule has 1 aliphatic carbocycles. The lowest BCUT2D eigenvalue weighted by Crippen LogP contribution is -1.85. The van der Waals surface area contributed by atoms with Crippen LogP contribution in [-0.2, 0) is 0 Å². The van der Waals surface area contributed by atoms with Gasteiger partial charge in [0.25, 0.3) is 0 Å². The van der Waals surface area contributed by atoms with Crippen molar-refractivity contribution in [3.8, 4) is 0 Å². The minimum absolute atomic E-state index is 0.877. The quantitative estimate of drug-likeness (QED) is 0.410. The Morgan fingerprint density at radius 1 is 1.25 bits per heavy atom. The van der Waals surface area contributed by atoms with E-state index in [0.717, 1.165) is 11.8 Å². The Labute approximate surface area is 77.1 Å². The van der Waals surface area contributed by atoms with E-state index in [1.807, 2.05) is 0 Å². The summed E-state index contributed by atoms with van der Waals surface area (Å²) in [4.78, 5) is 0. The molecule has 0 heterocycles. The van der Waals surface area contributed by atoms with Gasteiger partial charge in [-0.15, -0.1) is 0 Å². The second kappa shape index (κ2) is 5.40. The van der Waals surface area contributed by atoms with Crippen molar-refractivity contribution in [3.63, 3.8) is 0 Å². The Hall–Kier alpha value is -0.260. The molecule has 0 atom stereocenters. The summed E-state index contributed by atoms with van der Waals surface area (Å²) in [5.41, 5.74) is 0. The first-order chi connectivity index (χ1) is 5.79. The smallest absolute Gasteiger partial charge is 0.0322 e. The highest BCUT2D eigenvalue weighted by Crippen LogP contribution is 2.32. The van der Waals surface area contributed by atoms with Crippen LogP contribution in [0.1, 0.15) is 52.4 Å². The minimum Gasteiger partial charge on any atom is -0.0885 e. The Morgan fingerprint density at radius 3 is 2.58 bits per heavy atom. The lowest BCUT2D eigenvalue weighted by Gasteiger charge is -2.00. The van der Waals surface area contributed by atoms with Gasteiger partial charge in [0.1, 0.15) is 0 Å². The summed E-state index contributed by atoms with van der Waals surface area (Å²) in [5, 5.41) is 0. The van der Waals surface area contributed by atoms with Crippen LogP contribution >= 0.6 is 0 Å². The van der Waals surface area contributed by atoms with Crippen molar-refractivity contribution in [3.05, 3.63) is 12.2 Å². The van der Waals surface area contributed by atoms with Crippen LogP contribution in [0.5, 0.6) is 0 Å². The minimum atomic E-state index is 0.877. The number of unbranched alkanes of at least 4 members (excludes halogenated alkanes) is 1. The maximum Gasteiger partial charge on any atom is -0.0322 e. The molecule has 70 valence electrons. The highest BCUT2D eigenvalue weighted by atomic mass is 14.2. The standard InChI is InChI=1S/C12H22/c1-11(2)7-5-3-4-6-8-12-9-10-12/h4,6,11-12H,3,5,7-10H2,1-2H3. The molecule has 0 aromatic rings. The molecule has 1 rings (SSSR count). The predicted molar refractivity (Wildman–Crippen MR) is 55.2 cm³/mol. The topological polar surface area (TPSA) is 0 Å².